The van der Waals surface area contributed by atoms with E-state index in [1.807, 2.05) is 32.0 Å². The first-order valence-corrected chi connectivity index (χ1v) is 14.9. The summed E-state index contributed by atoms with van der Waals surface area (Å²) in [4.78, 5) is 45.8. The zero-order chi connectivity index (χ0) is 28.4. The van der Waals surface area contributed by atoms with Crippen molar-refractivity contribution in [3.05, 3.63) is 54.6 Å². The lowest BCUT2D eigenvalue weighted by Crippen LogP contribution is -2.55. The van der Waals surface area contributed by atoms with Crippen molar-refractivity contribution in [3.63, 3.8) is 0 Å². The number of hydrogen-bond donors (Lipinski definition) is 1. The summed E-state index contributed by atoms with van der Waals surface area (Å²) >= 11 is 1.65. The number of nitrogens with zero attached hydrogens (tertiary/aromatic N) is 2. The van der Waals surface area contributed by atoms with Gasteiger partial charge in [-0.1, -0.05) is 24.3 Å². The maximum atomic E-state index is 14.6. The van der Waals surface area contributed by atoms with Gasteiger partial charge in [-0.2, -0.15) is 0 Å². The summed E-state index contributed by atoms with van der Waals surface area (Å²) in [6.07, 6.45) is 7.50. The Morgan fingerprint density at radius 1 is 1.21 bits per heavy atom. The molecular formula is C31H42N2O5S. The molecule has 0 saturated carbocycles. The number of carbonyl (C=O) groups excluding carboxylic acids is 3. The number of allylic oxidation sites excluding steroid dienone is 1. The lowest BCUT2D eigenvalue weighted by molar-refractivity contribution is -0.155. The number of aliphatic hydroxyl groups is 1. The molecule has 3 aliphatic rings. The number of aliphatic hydroxyl groups excluding tert-OH is 1. The first kappa shape index (κ1) is 29.4. The predicted octanol–water partition coefficient (Wildman–Crippen LogP) is 4.59. The summed E-state index contributed by atoms with van der Waals surface area (Å²) in [7, 11) is 0. The van der Waals surface area contributed by atoms with E-state index in [1.165, 1.54) is 0 Å². The number of aryl methyl sites for hydroxylation is 2. The third-order valence-corrected chi connectivity index (χ3v) is 10.6. The molecule has 2 bridgehead atoms. The molecule has 8 heteroatoms. The number of likely N-dealkylation sites (tertiary alicyclic amines) is 1. The van der Waals surface area contributed by atoms with Gasteiger partial charge in [-0.15, -0.1) is 24.9 Å². The SMILES string of the molecule is C=CCCCOC(=O)[C@@H]1[C@H]2C(=O)N(CCCCO)C(C(=O)N(CC=C)c3cc(C)ccc3C)C23CC[C@@]1(C)S3. The summed E-state index contributed by atoms with van der Waals surface area (Å²) in [6.45, 7) is 14.6. The van der Waals surface area contributed by atoms with Gasteiger partial charge in [-0.05, 0) is 76.5 Å². The largest absolute Gasteiger partial charge is 0.465 e. The molecule has 212 valence electrons. The average molecular weight is 555 g/mol. The maximum Gasteiger partial charge on any atom is 0.311 e. The highest BCUT2D eigenvalue weighted by atomic mass is 32.2. The van der Waals surface area contributed by atoms with Crippen molar-refractivity contribution in [3.8, 4) is 0 Å². The van der Waals surface area contributed by atoms with E-state index in [9.17, 15) is 19.5 Å². The van der Waals surface area contributed by atoms with Crippen molar-refractivity contribution in [1.82, 2.24) is 4.90 Å². The highest BCUT2D eigenvalue weighted by Gasteiger charge is 2.77. The Balaban J connectivity index is 1.74. The Morgan fingerprint density at radius 3 is 2.67 bits per heavy atom. The maximum absolute atomic E-state index is 14.6. The molecule has 5 atom stereocenters. The molecule has 1 spiro atoms. The second-order valence-corrected chi connectivity index (χ2v) is 13.2. The first-order valence-electron chi connectivity index (χ1n) is 14.0. The van der Waals surface area contributed by atoms with Gasteiger partial charge in [0.15, 0.2) is 0 Å². The fourth-order valence-electron chi connectivity index (χ4n) is 6.78. The van der Waals surface area contributed by atoms with Crippen molar-refractivity contribution < 1.29 is 24.2 Å². The Labute approximate surface area is 236 Å². The zero-order valence-corrected chi connectivity index (χ0v) is 24.3. The van der Waals surface area contributed by atoms with Crippen LogP contribution in [0, 0.1) is 25.7 Å². The van der Waals surface area contributed by atoms with Crippen LogP contribution in [0.25, 0.3) is 0 Å². The van der Waals surface area contributed by atoms with E-state index in [-0.39, 0.29) is 24.4 Å². The first-order chi connectivity index (χ1) is 18.6. The van der Waals surface area contributed by atoms with Crippen LogP contribution in [0.4, 0.5) is 5.69 Å². The van der Waals surface area contributed by atoms with Gasteiger partial charge >= 0.3 is 5.97 Å². The molecule has 1 aromatic rings. The Hall–Kier alpha value is -2.58. The number of rotatable bonds is 13. The number of hydrogen-bond acceptors (Lipinski definition) is 6. The smallest absolute Gasteiger partial charge is 0.311 e. The average Bonchev–Trinajstić information content (AvgIpc) is 3.47. The number of ether oxygens (including phenoxy) is 1. The van der Waals surface area contributed by atoms with E-state index >= 15 is 0 Å². The number of benzene rings is 1. The van der Waals surface area contributed by atoms with Crippen LogP contribution in [0.2, 0.25) is 0 Å². The number of anilines is 1. The number of fused-ring (bicyclic) bond motifs is 1. The molecule has 1 N–H and O–H groups in total. The van der Waals surface area contributed by atoms with E-state index in [2.05, 4.69) is 20.1 Å². The van der Waals surface area contributed by atoms with Crippen LogP contribution in [-0.4, -0.2) is 69.6 Å². The summed E-state index contributed by atoms with van der Waals surface area (Å²) in [5.41, 5.74) is 2.82. The molecule has 1 aromatic carbocycles. The predicted molar refractivity (Wildman–Crippen MR) is 156 cm³/mol. The molecule has 3 heterocycles. The monoisotopic (exact) mass is 554 g/mol. The Bertz CT molecular complexity index is 1140. The zero-order valence-electron chi connectivity index (χ0n) is 23.5. The number of carbonyl (C=O) groups is 3. The van der Waals surface area contributed by atoms with Gasteiger partial charge in [0.2, 0.25) is 5.91 Å². The number of thioether (sulfide) groups is 1. The third-order valence-electron chi connectivity index (χ3n) is 8.60. The molecule has 0 aromatic heterocycles. The van der Waals surface area contributed by atoms with E-state index in [1.54, 1.807) is 33.7 Å². The minimum Gasteiger partial charge on any atom is -0.465 e. The van der Waals surface area contributed by atoms with Crippen LogP contribution < -0.4 is 4.90 Å². The third kappa shape index (κ3) is 5.18. The molecule has 4 rings (SSSR count). The van der Waals surface area contributed by atoms with Crippen molar-refractivity contribution in [2.24, 2.45) is 11.8 Å². The minimum absolute atomic E-state index is 0.0206. The number of amides is 2. The fraction of sp³-hybridized carbons (Fsp3) is 0.581. The van der Waals surface area contributed by atoms with Crippen LogP contribution >= 0.6 is 11.8 Å². The fourth-order valence-corrected chi connectivity index (χ4v) is 9.12. The molecule has 0 radical (unpaired) electrons. The highest BCUT2D eigenvalue weighted by molar-refractivity contribution is 8.02. The minimum atomic E-state index is -0.709. The van der Waals surface area contributed by atoms with E-state index < -0.39 is 27.4 Å². The van der Waals surface area contributed by atoms with Crippen molar-refractivity contribution in [1.29, 1.82) is 0 Å². The standard InChI is InChI=1S/C31H42N2O5S/c1-6-8-11-19-38-29(37)25-24-27(35)33(17-9-10-18-34)26(31(24)15-14-30(25,5)39-31)28(36)32(16-7-2)23-20-21(3)12-13-22(23)4/h6-7,12-13,20,24-26,34H,1-2,8-11,14-19H2,3-5H3/t24-,25-,26?,30+,31?/m0/s1. The lowest BCUT2D eigenvalue weighted by Gasteiger charge is -2.37. The summed E-state index contributed by atoms with van der Waals surface area (Å²) in [6, 6.07) is 5.32. The van der Waals surface area contributed by atoms with Crippen molar-refractivity contribution >= 4 is 35.2 Å². The number of unbranched alkanes of at least 4 members (excludes halogenated alkanes) is 2. The van der Waals surface area contributed by atoms with Gasteiger partial charge in [0.1, 0.15) is 6.04 Å². The van der Waals surface area contributed by atoms with Crippen LogP contribution in [0.5, 0.6) is 0 Å². The van der Waals surface area contributed by atoms with Gasteiger partial charge in [0, 0.05) is 30.1 Å². The van der Waals surface area contributed by atoms with Gasteiger partial charge in [-0.3, -0.25) is 14.4 Å². The summed E-state index contributed by atoms with van der Waals surface area (Å²) in [5.74, 6) is -1.83. The van der Waals surface area contributed by atoms with E-state index in [0.717, 1.165) is 29.7 Å². The summed E-state index contributed by atoms with van der Waals surface area (Å²) < 4.78 is 4.53. The molecule has 7 nitrogen and oxygen atoms in total. The molecule has 3 saturated heterocycles. The van der Waals surface area contributed by atoms with Crippen molar-refractivity contribution in [2.75, 3.05) is 31.2 Å². The van der Waals surface area contributed by atoms with E-state index in [0.29, 0.717) is 45.4 Å². The summed E-state index contributed by atoms with van der Waals surface area (Å²) in [5, 5.41) is 9.42. The molecule has 3 fully saturated rings. The second-order valence-electron chi connectivity index (χ2n) is 11.3. The molecular weight excluding hydrogens is 512 g/mol. The van der Waals surface area contributed by atoms with Crippen LogP contribution in [0.3, 0.4) is 0 Å². The molecule has 0 aliphatic carbocycles. The molecule has 2 amide bonds. The second kappa shape index (κ2) is 11.9. The van der Waals surface area contributed by atoms with Gasteiger partial charge in [0.05, 0.1) is 23.2 Å². The van der Waals surface area contributed by atoms with Gasteiger partial charge in [0.25, 0.3) is 5.91 Å². The lowest BCUT2D eigenvalue weighted by atomic mass is 9.66. The van der Waals surface area contributed by atoms with E-state index in [4.69, 9.17) is 4.74 Å². The Kier molecular flexibility index (Phi) is 8.96. The highest BCUT2D eigenvalue weighted by Crippen LogP contribution is 2.71. The van der Waals surface area contributed by atoms with Crippen molar-refractivity contribution in [2.45, 2.75) is 74.8 Å². The van der Waals surface area contributed by atoms with Gasteiger partial charge < -0.3 is 19.6 Å². The van der Waals surface area contributed by atoms with Crippen LogP contribution in [0.1, 0.15) is 56.6 Å². The normalized spacial score (nSPS) is 28.9. The van der Waals surface area contributed by atoms with Gasteiger partial charge in [-0.25, -0.2) is 0 Å². The van der Waals surface area contributed by atoms with Crippen LogP contribution in [-0.2, 0) is 19.1 Å². The molecule has 2 unspecified atom stereocenters. The van der Waals surface area contributed by atoms with Crippen LogP contribution in [0.15, 0.2) is 43.5 Å². The topological polar surface area (TPSA) is 87.1 Å². The molecule has 39 heavy (non-hydrogen) atoms. The quantitative estimate of drug-likeness (QED) is 0.218. The molecule has 3 aliphatic heterocycles. The number of esters is 1. The Morgan fingerprint density at radius 2 is 1.97 bits per heavy atom.